The Morgan fingerprint density at radius 1 is 1.26 bits per heavy atom. The second kappa shape index (κ2) is 5.44. The summed E-state index contributed by atoms with van der Waals surface area (Å²) in [6, 6.07) is 7.41. The maximum Gasteiger partial charge on any atom is 0.197 e. The first-order valence-electron chi connectivity index (χ1n) is 5.74. The van der Waals surface area contributed by atoms with Gasteiger partial charge in [0, 0.05) is 17.5 Å². The second-order valence-electron chi connectivity index (χ2n) is 4.10. The highest BCUT2D eigenvalue weighted by molar-refractivity contribution is 6.09. The van der Waals surface area contributed by atoms with Crippen molar-refractivity contribution in [3.05, 3.63) is 65.2 Å². The van der Waals surface area contributed by atoms with Crippen LogP contribution in [-0.4, -0.2) is 16.6 Å². The molecule has 0 unspecified atom stereocenters. The monoisotopic (exact) mass is 257 g/mol. The zero-order chi connectivity index (χ0) is 13.8. The topological polar surface area (TPSA) is 49.9 Å². The van der Waals surface area contributed by atoms with E-state index in [9.17, 15) is 14.0 Å². The highest BCUT2D eigenvalue weighted by atomic mass is 19.1. The van der Waals surface area contributed by atoms with Crippen LogP contribution in [0.25, 0.3) is 6.08 Å². The predicted octanol–water partition coefficient (Wildman–Crippen LogP) is 2.99. The van der Waals surface area contributed by atoms with E-state index in [1.165, 1.54) is 37.4 Å². The summed E-state index contributed by atoms with van der Waals surface area (Å²) in [7, 11) is 0. The zero-order valence-electron chi connectivity index (χ0n) is 10.3. The van der Waals surface area contributed by atoms with Crippen molar-refractivity contribution in [3.8, 4) is 0 Å². The van der Waals surface area contributed by atoms with Crippen LogP contribution in [0.3, 0.4) is 0 Å². The van der Waals surface area contributed by atoms with Crippen LogP contribution in [0.1, 0.15) is 28.5 Å². The number of ketones is 2. The van der Waals surface area contributed by atoms with Crippen LogP contribution in [0.15, 0.2) is 42.6 Å². The molecule has 0 aliphatic carbocycles. The summed E-state index contributed by atoms with van der Waals surface area (Å²) in [6.07, 6.45) is 4.46. The molecule has 19 heavy (non-hydrogen) atoms. The Hall–Kier alpha value is -2.49. The van der Waals surface area contributed by atoms with Crippen molar-refractivity contribution in [1.82, 2.24) is 4.98 Å². The molecular formula is C15H12FNO2. The molecule has 1 aromatic heterocycles. The number of carbonyl (C=O) groups excluding carboxylic acids is 2. The molecule has 0 saturated heterocycles. The lowest BCUT2D eigenvalue weighted by Gasteiger charge is -1.99. The molecule has 1 heterocycles. The molecule has 1 aromatic carbocycles. The maximum absolute atomic E-state index is 13.5. The third kappa shape index (κ3) is 3.04. The van der Waals surface area contributed by atoms with Gasteiger partial charge in [-0.15, -0.1) is 0 Å². The fourth-order valence-electron chi connectivity index (χ4n) is 1.65. The zero-order valence-corrected chi connectivity index (χ0v) is 10.3. The van der Waals surface area contributed by atoms with Crippen molar-refractivity contribution in [1.29, 1.82) is 0 Å². The van der Waals surface area contributed by atoms with Gasteiger partial charge >= 0.3 is 0 Å². The molecule has 1 N–H and O–H groups in total. The Kier molecular flexibility index (Phi) is 3.71. The Morgan fingerprint density at radius 2 is 2.00 bits per heavy atom. The lowest BCUT2D eigenvalue weighted by atomic mass is 10.1. The average molecular weight is 257 g/mol. The first kappa shape index (κ1) is 13.0. The Balaban J connectivity index is 2.26. The Morgan fingerprint density at radius 3 is 2.68 bits per heavy atom. The molecule has 4 heteroatoms. The molecule has 0 amide bonds. The van der Waals surface area contributed by atoms with Gasteiger partial charge < -0.3 is 4.98 Å². The summed E-state index contributed by atoms with van der Waals surface area (Å²) >= 11 is 0. The van der Waals surface area contributed by atoms with Gasteiger partial charge in [0.25, 0.3) is 0 Å². The minimum Gasteiger partial charge on any atom is -0.361 e. The summed E-state index contributed by atoms with van der Waals surface area (Å²) in [5.41, 5.74) is 1.01. The predicted molar refractivity (Wildman–Crippen MR) is 70.3 cm³/mol. The third-order valence-electron chi connectivity index (χ3n) is 2.58. The van der Waals surface area contributed by atoms with Gasteiger partial charge in [-0.3, -0.25) is 9.59 Å². The number of aromatic amines is 1. The lowest BCUT2D eigenvalue weighted by molar-refractivity contribution is -0.112. The minimum atomic E-state index is -0.547. The summed E-state index contributed by atoms with van der Waals surface area (Å²) in [5, 5.41) is 0. The fraction of sp³-hybridized carbons (Fsp3) is 0.0667. The molecule has 3 nitrogen and oxygen atoms in total. The van der Waals surface area contributed by atoms with Gasteiger partial charge in [0.15, 0.2) is 11.6 Å². The number of rotatable bonds is 4. The SMILES string of the molecule is CC(=O)/C=C/c1cc(C(=O)c2ccccc2F)c[nH]1. The summed E-state index contributed by atoms with van der Waals surface area (Å²) < 4.78 is 13.5. The van der Waals surface area contributed by atoms with E-state index >= 15 is 0 Å². The van der Waals surface area contributed by atoms with Crippen LogP contribution in [0.4, 0.5) is 4.39 Å². The molecule has 96 valence electrons. The molecule has 2 rings (SSSR count). The van der Waals surface area contributed by atoms with E-state index in [1.54, 1.807) is 18.2 Å². The smallest absolute Gasteiger partial charge is 0.197 e. The van der Waals surface area contributed by atoms with E-state index in [2.05, 4.69) is 4.98 Å². The van der Waals surface area contributed by atoms with E-state index in [1.807, 2.05) is 0 Å². The van der Waals surface area contributed by atoms with Gasteiger partial charge in [0.2, 0.25) is 0 Å². The van der Waals surface area contributed by atoms with Crippen molar-refractivity contribution in [3.63, 3.8) is 0 Å². The largest absolute Gasteiger partial charge is 0.361 e. The summed E-state index contributed by atoms with van der Waals surface area (Å²) in [4.78, 5) is 25.7. The number of nitrogens with one attached hydrogen (secondary N) is 1. The standard InChI is InChI=1S/C15H12FNO2/c1-10(18)6-7-12-8-11(9-17-12)15(19)13-4-2-3-5-14(13)16/h2-9,17H,1H3/b7-6+. The highest BCUT2D eigenvalue weighted by Gasteiger charge is 2.14. The van der Waals surface area contributed by atoms with Gasteiger partial charge in [-0.1, -0.05) is 12.1 Å². The molecule has 0 fully saturated rings. The van der Waals surface area contributed by atoms with Crippen LogP contribution >= 0.6 is 0 Å². The normalized spacial score (nSPS) is 10.8. The maximum atomic E-state index is 13.5. The van der Waals surface area contributed by atoms with Crippen molar-refractivity contribution < 1.29 is 14.0 Å². The van der Waals surface area contributed by atoms with E-state index in [0.717, 1.165) is 0 Å². The van der Waals surface area contributed by atoms with Crippen molar-refractivity contribution in [2.75, 3.05) is 0 Å². The van der Waals surface area contributed by atoms with Gasteiger partial charge in [-0.05, 0) is 37.3 Å². The number of aromatic nitrogens is 1. The number of H-pyrrole nitrogens is 1. The fourth-order valence-corrected chi connectivity index (χ4v) is 1.65. The molecule has 0 aliphatic rings. The van der Waals surface area contributed by atoms with E-state index in [4.69, 9.17) is 0 Å². The van der Waals surface area contributed by atoms with E-state index in [-0.39, 0.29) is 11.3 Å². The first-order chi connectivity index (χ1) is 9.08. The average Bonchev–Trinajstić information content (AvgIpc) is 2.85. The second-order valence-corrected chi connectivity index (χ2v) is 4.10. The minimum absolute atomic E-state index is 0.0311. The Bertz CT molecular complexity index is 656. The molecular weight excluding hydrogens is 245 g/mol. The number of benzene rings is 1. The van der Waals surface area contributed by atoms with Crippen molar-refractivity contribution in [2.45, 2.75) is 6.92 Å². The molecule has 0 spiro atoms. The van der Waals surface area contributed by atoms with E-state index < -0.39 is 11.6 Å². The molecule has 0 bridgehead atoms. The molecule has 2 aromatic rings. The Labute approximate surface area is 109 Å². The van der Waals surface area contributed by atoms with Crippen LogP contribution in [0.2, 0.25) is 0 Å². The van der Waals surface area contributed by atoms with Gasteiger partial charge in [0.1, 0.15) is 5.82 Å². The number of carbonyl (C=O) groups is 2. The number of halogens is 1. The van der Waals surface area contributed by atoms with Gasteiger partial charge in [-0.2, -0.15) is 0 Å². The van der Waals surface area contributed by atoms with Crippen LogP contribution in [-0.2, 0) is 4.79 Å². The summed E-state index contributed by atoms with van der Waals surface area (Å²) in [6.45, 7) is 1.44. The van der Waals surface area contributed by atoms with E-state index in [0.29, 0.717) is 11.3 Å². The van der Waals surface area contributed by atoms with Crippen molar-refractivity contribution >= 4 is 17.6 Å². The van der Waals surface area contributed by atoms with Crippen LogP contribution in [0.5, 0.6) is 0 Å². The van der Waals surface area contributed by atoms with Gasteiger partial charge in [0.05, 0.1) is 5.56 Å². The lowest BCUT2D eigenvalue weighted by Crippen LogP contribution is -2.02. The molecule has 0 atom stereocenters. The quantitative estimate of drug-likeness (QED) is 0.676. The molecule has 0 saturated carbocycles. The number of hydrogen-bond donors (Lipinski definition) is 1. The first-order valence-corrected chi connectivity index (χ1v) is 5.74. The van der Waals surface area contributed by atoms with Crippen LogP contribution in [0, 0.1) is 5.82 Å². The summed E-state index contributed by atoms with van der Waals surface area (Å²) in [5.74, 6) is -1.03. The van der Waals surface area contributed by atoms with Gasteiger partial charge in [-0.25, -0.2) is 4.39 Å². The molecule has 0 radical (unpaired) electrons. The number of hydrogen-bond acceptors (Lipinski definition) is 2. The number of allylic oxidation sites excluding steroid dienone is 1. The highest BCUT2D eigenvalue weighted by Crippen LogP contribution is 2.14. The van der Waals surface area contributed by atoms with Crippen molar-refractivity contribution in [2.24, 2.45) is 0 Å². The molecule has 0 aliphatic heterocycles. The van der Waals surface area contributed by atoms with Crippen LogP contribution < -0.4 is 0 Å². The third-order valence-corrected chi connectivity index (χ3v) is 2.58.